The van der Waals surface area contributed by atoms with E-state index in [1.165, 1.54) is 7.11 Å². The molecule has 0 aromatic heterocycles. The lowest BCUT2D eigenvalue weighted by Gasteiger charge is -2.10. The Labute approximate surface area is 108 Å². The Morgan fingerprint density at radius 2 is 2.00 bits per heavy atom. The Morgan fingerprint density at radius 3 is 2.53 bits per heavy atom. The highest BCUT2D eigenvalue weighted by molar-refractivity contribution is 5.95. The minimum absolute atomic E-state index is 0.0783. The summed E-state index contributed by atoms with van der Waals surface area (Å²) in [5.41, 5.74) is 4.19. The zero-order valence-corrected chi connectivity index (χ0v) is 10.3. The van der Waals surface area contributed by atoms with Crippen LogP contribution in [0.2, 0.25) is 0 Å². The molecule has 7 heteroatoms. The molecule has 0 aliphatic heterocycles. The van der Waals surface area contributed by atoms with Gasteiger partial charge in [0.1, 0.15) is 0 Å². The van der Waals surface area contributed by atoms with Crippen LogP contribution in [0.4, 0.5) is 18.9 Å². The Hall–Kier alpha value is -1.76. The molecule has 1 rings (SSSR count). The van der Waals surface area contributed by atoms with Crippen LogP contribution in [0.5, 0.6) is 0 Å². The molecule has 0 aliphatic carbocycles. The summed E-state index contributed by atoms with van der Waals surface area (Å²) >= 11 is 0. The van der Waals surface area contributed by atoms with Gasteiger partial charge in [-0.1, -0.05) is 0 Å². The molecule has 0 amide bonds. The highest BCUT2D eigenvalue weighted by atomic mass is 19.4. The summed E-state index contributed by atoms with van der Waals surface area (Å²) in [7, 11) is 1.51. The van der Waals surface area contributed by atoms with E-state index in [4.69, 9.17) is 15.2 Å². The lowest BCUT2D eigenvalue weighted by atomic mass is 10.1. The Kier molecular flexibility index (Phi) is 5.17. The number of carbonyl (C=O) groups is 1. The summed E-state index contributed by atoms with van der Waals surface area (Å²) in [5, 5.41) is 0. The second kappa shape index (κ2) is 6.42. The number of nitrogen functional groups attached to an aromatic ring is 1. The molecule has 0 fully saturated rings. The van der Waals surface area contributed by atoms with E-state index in [1.54, 1.807) is 0 Å². The van der Waals surface area contributed by atoms with Crippen LogP contribution < -0.4 is 5.73 Å². The third-order valence-corrected chi connectivity index (χ3v) is 2.32. The summed E-state index contributed by atoms with van der Waals surface area (Å²) in [6.07, 6.45) is -3.99. The van der Waals surface area contributed by atoms with Gasteiger partial charge in [-0.25, -0.2) is 4.79 Å². The van der Waals surface area contributed by atoms with Crippen molar-refractivity contribution >= 4 is 11.7 Å². The second-order valence-electron chi connectivity index (χ2n) is 3.78. The zero-order chi connectivity index (χ0) is 14.5. The van der Waals surface area contributed by atoms with E-state index in [1.807, 2.05) is 0 Å². The Bertz CT molecular complexity index is 446. The average Bonchev–Trinajstić information content (AvgIpc) is 2.33. The fraction of sp³-hybridized carbons (Fsp3) is 0.417. The maximum atomic E-state index is 12.4. The number of methoxy groups -OCH3 is 1. The number of nitrogens with two attached hydrogens (primary N) is 1. The Morgan fingerprint density at radius 1 is 1.32 bits per heavy atom. The number of rotatable bonds is 5. The topological polar surface area (TPSA) is 61.5 Å². The first-order valence-electron chi connectivity index (χ1n) is 5.49. The maximum Gasteiger partial charge on any atom is 0.416 e. The summed E-state index contributed by atoms with van der Waals surface area (Å²) < 4.78 is 46.8. The van der Waals surface area contributed by atoms with Gasteiger partial charge in [0.25, 0.3) is 0 Å². The number of halogens is 3. The van der Waals surface area contributed by atoms with Crippen molar-refractivity contribution in [2.45, 2.75) is 12.6 Å². The molecule has 106 valence electrons. The number of alkyl halides is 3. The molecule has 0 saturated heterocycles. The molecule has 0 spiro atoms. The van der Waals surface area contributed by atoms with Gasteiger partial charge >= 0.3 is 12.1 Å². The number of anilines is 1. The van der Waals surface area contributed by atoms with Gasteiger partial charge in [0, 0.05) is 25.8 Å². The van der Waals surface area contributed by atoms with E-state index in [0.717, 1.165) is 12.1 Å². The second-order valence-corrected chi connectivity index (χ2v) is 3.78. The van der Waals surface area contributed by atoms with Crippen LogP contribution in [-0.4, -0.2) is 26.3 Å². The van der Waals surface area contributed by atoms with Crippen LogP contribution in [-0.2, 0) is 15.7 Å². The SMILES string of the molecule is COCCCOC(=O)c1ccc(C(F)(F)F)cc1N. The molecule has 2 N–H and O–H groups in total. The number of esters is 1. The van der Waals surface area contributed by atoms with Crippen LogP contribution in [0.3, 0.4) is 0 Å². The zero-order valence-electron chi connectivity index (χ0n) is 10.3. The summed E-state index contributed by atoms with van der Waals surface area (Å²) in [5.74, 6) is -0.748. The molecular weight excluding hydrogens is 263 g/mol. The predicted octanol–water partition coefficient (Wildman–Crippen LogP) is 2.48. The molecule has 1 aromatic carbocycles. The molecule has 0 aliphatic rings. The van der Waals surface area contributed by atoms with Gasteiger partial charge in [-0.05, 0) is 18.2 Å². The molecular formula is C12H14F3NO3. The van der Waals surface area contributed by atoms with E-state index in [9.17, 15) is 18.0 Å². The van der Waals surface area contributed by atoms with E-state index in [-0.39, 0.29) is 17.9 Å². The molecule has 0 heterocycles. The van der Waals surface area contributed by atoms with Crippen LogP contribution in [0.1, 0.15) is 22.3 Å². The van der Waals surface area contributed by atoms with Crippen LogP contribution in [0.15, 0.2) is 18.2 Å². The largest absolute Gasteiger partial charge is 0.462 e. The third-order valence-electron chi connectivity index (χ3n) is 2.32. The molecule has 1 aromatic rings. The normalized spacial score (nSPS) is 11.4. The van der Waals surface area contributed by atoms with Crippen molar-refractivity contribution in [1.82, 2.24) is 0 Å². The van der Waals surface area contributed by atoms with Gasteiger partial charge in [-0.3, -0.25) is 0 Å². The van der Waals surface area contributed by atoms with Gasteiger partial charge in [0.05, 0.1) is 17.7 Å². The molecule has 19 heavy (non-hydrogen) atoms. The third kappa shape index (κ3) is 4.44. The van der Waals surface area contributed by atoms with Gasteiger partial charge < -0.3 is 15.2 Å². The highest BCUT2D eigenvalue weighted by Crippen LogP contribution is 2.31. The van der Waals surface area contributed by atoms with Crippen molar-refractivity contribution < 1.29 is 27.4 Å². The van der Waals surface area contributed by atoms with Crippen LogP contribution in [0.25, 0.3) is 0 Å². The lowest BCUT2D eigenvalue weighted by Crippen LogP contribution is -2.12. The van der Waals surface area contributed by atoms with Crippen LogP contribution in [0, 0.1) is 0 Å². The van der Waals surface area contributed by atoms with Crippen molar-refractivity contribution in [1.29, 1.82) is 0 Å². The molecule has 0 bridgehead atoms. The van der Waals surface area contributed by atoms with Crippen LogP contribution >= 0.6 is 0 Å². The summed E-state index contributed by atoms with van der Waals surface area (Å²) in [4.78, 5) is 11.6. The van der Waals surface area contributed by atoms with E-state index >= 15 is 0 Å². The predicted molar refractivity (Wildman–Crippen MR) is 62.6 cm³/mol. The number of carbonyl (C=O) groups excluding carboxylic acids is 1. The summed E-state index contributed by atoms with van der Waals surface area (Å²) in [6.45, 7) is 0.545. The standard InChI is InChI=1S/C12H14F3NO3/c1-18-5-2-6-19-11(17)9-4-3-8(7-10(9)16)12(13,14)15/h3-4,7H,2,5-6,16H2,1H3. The van der Waals surface area contributed by atoms with Crippen molar-refractivity contribution in [2.75, 3.05) is 26.1 Å². The maximum absolute atomic E-state index is 12.4. The lowest BCUT2D eigenvalue weighted by molar-refractivity contribution is -0.137. The highest BCUT2D eigenvalue weighted by Gasteiger charge is 2.31. The van der Waals surface area contributed by atoms with Crippen molar-refractivity contribution in [3.63, 3.8) is 0 Å². The van der Waals surface area contributed by atoms with E-state index < -0.39 is 17.7 Å². The molecule has 4 nitrogen and oxygen atoms in total. The monoisotopic (exact) mass is 277 g/mol. The molecule has 0 unspecified atom stereocenters. The number of hydrogen-bond acceptors (Lipinski definition) is 4. The minimum atomic E-state index is -4.49. The van der Waals surface area contributed by atoms with Crippen molar-refractivity contribution in [2.24, 2.45) is 0 Å². The number of ether oxygens (including phenoxy) is 2. The van der Waals surface area contributed by atoms with Gasteiger partial charge in [0.15, 0.2) is 0 Å². The fourth-order valence-corrected chi connectivity index (χ4v) is 1.37. The minimum Gasteiger partial charge on any atom is -0.462 e. The molecule has 0 saturated carbocycles. The van der Waals surface area contributed by atoms with Crippen molar-refractivity contribution in [3.05, 3.63) is 29.3 Å². The first kappa shape index (κ1) is 15.3. The molecule has 0 radical (unpaired) electrons. The van der Waals surface area contributed by atoms with E-state index in [2.05, 4.69) is 0 Å². The van der Waals surface area contributed by atoms with Crippen molar-refractivity contribution in [3.8, 4) is 0 Å². The quantitative estimate of drug-likeness (QED) is 0.510. The summed E-state index contributed by atoms with van der Waals surface area (Å²) in [6, 6.07) is 2.52. The van der Waals surface area contributed by atoms with E-state index in [0.29, 0.717) is 19.1 Å². The Balaban J connectivity index is 2.71. The van der Waals surface area contributed by atoms with Gasteiger partial charge in [0.2, 0.25) is 0 Å². The first-order chi connectivity index (χ1) is 8.86. The first-order valence-corrected chi connectivity index (χ1v) is 5.49. The van der Waals surface area contributed by atoms with Gasteiger partial charge in [-0.2, -0.15) is 13.2 Å². The molecule has 0 atom stereocenters. The smallest absolute Gasteiger partial charge is 0.416 e. The average molecular weight is 277 g/mol. The number of benzene rings is 1. The fourth-order valence-electron chi connectivity index (χ4n) is 1.37. The van der Waals surface area contributed by atoms with Gasteiger partial charge in [-0.15, -0.1) is 0 Å². The number of hydrogen-bond donors (Lipinski definition) is 1.